The normalized spacial score (nSPS) is 17.0. The van der Waals surface area contributed by atoms with Gasteiger partial charge in [-0.3, -0.25) is 9.59 Å². The third-order valence-corrected chi connectivity index (χ3v) is 7.52. The topological polar surface area (TPSA) is 67.4 Å². The van der Waals surface area contributed by atoms with E-state index < -0.39 is 0 Å². The third-order valence-electron chi connectivity index (χ3n) is 7.52. The Bertz CT molecular complexity index is 850. The molecule has 4 rings (SSSR count). The van der Waals surface area contributed by atoms with Crippen LogP contribution in [0.4, 0.5) is 11.4 Å². The smallest absolute Gasteiger partial charge is 0.224 e. The highest BCUT2D eigenvalue weighted by molar-refractivity contribution is 5.91. The molecule has 2 fully saturated rings. The molecule has 5 nitrogen and oxygen atoms in total. The van der Waals surface area contributed by atoms with Crippen LogP contribution in [0.5, 0.6) is 11.5 Å². The summed E-state index contributed by atoms with van der Waals surface area (Å²) in [6.45, 7) is 0. The molecule has 0 radical (unpaired) electrons. The zero-order valence-corrected chi connectivity index (χ0v) is 20.9. The minimum atomic E-state index is 0.0839. The van der Waals surface area contributed by atoms with Gasteiger partial charge in [0.2, 0.25) is 11.8 Å². The molecule has 0 atom stereocenters. The van der Waals surface area contributed by atoms with Crippen molar-refractivity contribution in [2.75, 3.05) is 10.6 Å². The van der Waals surface area contributed by atoms with E-state index in [1.807, 2.05) is 48.5 Å². The van der Waals surface area contributed by atoms with E-state index in [1.165, 1.54) is 64.2 Å². The van der Waals surface area contributed by atoms with Gasteiger partial charge in [-0.25, -0.2) is 0 Å². The van der Waals surface area contributed by atoms with Crippen molar-refractivity contribution >= 4 is 23.2 Å². The first kappa shape index (κ1) is 25.3. The molecule has 35 heavy (non-hydrogen) atoms. The Labute approximate surface area is 210 Å². The second kappa shape index (κ2) is 13.3. The van der Waals surface area contributed by atoms with Crippen LogP contribution in [0.2, 0.25) is 0 Å². The van der Waals surface area contributed by atoms with Crippen LogP contribution in [0.3, 0.4) is 0 Å². The van der Waals surface area contributed by atoms with Crippen LogP contribution in [0, 0.1) is 11.8 Å². The quantitative estimate of drug-likeness (QED) is 0.364. The van der Waals surface area contributed by atoms with Gasteiger partial charge in [0, 0.05) is 24.2 Å². The molecule has 0 bridgehead atoms. The summed E-state index contributed by atoms with van der Waals surface area (Å²) in [6, 6.07) is 14.9. The van der Waals surface area contributed by atoms with Gasteiger partial charge >= 0.3 is 0 Å². The van der Waals surface area contributed by atoms with Crippen LogP contribution < -0.4 is 15.4 Å². The van der Waals surface area contributed by atoms with E-state index in [4.69, 9.17) is 4.74 Å². The highest BCUT2D eigenvalue weighted by Gasteiger charge is 2.16. The minimum absolute atomic E-state index is 0.0839. The van der Waals surface area contributed by atoms with E-state index in [1.54, 1.807) is 0 Å². The molecule has 2 aromatic rings. The lowest BCUT2D eigenvalue weighted by Crippen LogP contribution is -2.14. The lowest BCUT2D eigenvalue weighted by Gasteiger charge is -2.21. The predicted octanol–water partition coefficient (Wildman–Crippen LogP) is 8.08. The highest BCUT2D eigenvalue weighted by Crippen LogP contribution is 2.29. The van der Waals surface area contributed by atoms with E-state index in [-0.39, 0.29) is 11.8 Å². The molecule has 0 spiro atoms. The van der Waals surface area contributed by atoms with Gasteiger partial charge in [0.15, 0.2) is 0 Å². The average molecular weight is 477 g/mol. The maximum absolute atomic E-state index is 12.3. The summed E-state index contributed by atoms with van der Waals surface area (Å²) < 4.78 is 5.93. The number of anilines is 2. The molecule has 0 heterocycles. The van der Waals surface area contributed by atoms with Gasteiger partial charge in [-0.2, -0.15) is 0 Å². The van der Waals surface area contributed by atoms with Gasteiger partial charge in [-0.15, -0.1) is 0 Å². The van der Waals surface area contributed by atoms with Crippen molar-refractivity contribution in [1.29, 1.82) is 0 Å². The number of nitrogens with one attached hydrogen (secondary N) is 2. The summed E-state index contributed by atoms with van der Waals surface area (Å²) in [7, 11) is 0. The summed E-state index contributed by atoms with van der Waals surface area (Å²) in [5.74, 6) is 3.00. The van der Waals surface area contributed by atoms with Crippen LogP contribution >= 0.6 is 0 Å². The fourth-order valence-corrected chi connectivity index (χ4v) is 5.42. The van der Waals surface area contributed by atoms with Crippen LogP contribution in [0.25, 0.3) is 0 Å². The second-order valence-electron chi connectivity index (χ2n) is 10.3. The van der Waals surface area contributed by atoms with Gasteiger partial charge in [0.1, 0.15) is 11.5 Å². The predicted molar refractivity (Wildman–Crippen MR) is 142 cm³/mol. The number of hydrogen-bond donors (Lipinski definition) is 2. The Kier molecular flexibility index (Phi) is 9.62. The highest BCUT2D eigenvalue weighted by atomic mass is 16.5. The molecule has 2 aliphatic rings. The van der Waals surface area contributed by atoms with Crippen molar-refractivity contribution in [3.63, 3.8) is 0 Å². The fraction of sp³-hybridized carbons (Fsp3) is 0.533. The second-order valence-corrected chi connectivity index (χ2v) is 10.3. The molecule has 2 amide bonds. The standard InChI is InChI=1S/C30H40N2O3/c33-29(21-11-23-7-3-1-4-8-23)31-25-13-17-27(18-14-25)35-28-19-15-26(16-20-28)32-30(34)22-12-24-9-5-2-6-10-24/h13-20,23-24H,1-12,21-22H2,(H,31,33)(H,32,34). The van der Waals surface area contributed by atoms with Gasteiger partial charge in [0.25, 0.3) is 0 Å². The Morgan fingerprint density at radius 2 is 0.971 bits per heavy atom. The molecule has 2 aromatic carbocycles. The Morgan fingerprint density at radius 1 is 0.600 bits per heavy atom. The zero-order valence-electron chi connectivity index (χ0n) is 20.9. The number of ether oxygens (including phenoxy) is 1. The number of carbonyl (C=O) groups excluding carboxylic acids is 2. The van der Waals surface area contributed by atoms with Crippen LogP contribution in [-0.4, -0.2) is 11.8 Å². The van der Waals surface area contributed by atoms with E-state index in [0.29, 0.717) is 36.2 Å². The van der Waals surface area contributed by atoms with Gasteiger partial charge in [-0.05, 0) is 73.2 Å². The molecule has 0 aromatic heterocycles. The van der Waals surface area contributed by atoms with Gasteiger partial charge in [0.05, 0.1) is 0 Å². The first-order valence-corrected chi connectivity index (χ1v) is 13.6. The van der Waals surface area contributed by atoms with Crippen molar-refractivity contribution in [3.8, 4) is 11.5 Å². The van der Waals surface area contributed by atoms with Gasteiger partial charge < -0.3 is 15.4 Å². The Morgan fingerprint density at radius 3 is 1.34 bits per heavy atom. The molecule has 5 heteroatoms. The largest absolute Gasteiger partial charge is 0.457 e. The van der Waals surface area contributed by atoms with Crippen LogP contribution in [-0.2, 0) is 9.59 Å². The molecular weight excluding hydrogens is 436 g/mol. The molecule has 2 saturated carbocycles. The Hall–Kier alpha value is -2.82. The number of amides is 2. The molecule has 0 unspecified atom stereocenters. The molecular formula is C30H40N2O3. The summed E-state index contributed by atoms with van der Waals surface area (Å²) >= 11 is 0. The first-order chi connectivity index (χ1) is 17.1. The number of rotatable bonds is 10. The molecule has 0 aliphatic heterocycles. The summed E-state index contributed by atoms with van der Waals surface area (Å²) in [5, 5.41) is 5.99. The van der Waals surface area contributed by atoms with Gasteiger partial charge in [-0.1, -0.05) is 64.2 Å². The number of hydrogen-bond acceptors (Lipinski definition) is 3. The maximum Gasteiger partial charge on any atom is 0.224 e. The third kappa shape index (κ3) is 8.72. The summed E-state index contributed by atoms with van der Waals surface area (Å²) in [5.41, 5.74) is 1.58. The van der Waals surface area contributed by atoms with Crippen molar-refractivity contribution < 1.29 is 14.3 Å². The van der Waals surface area contributed by atoms with Crippen molar-refractivity contribution in [3.05, 3.63) is 48.5 Å². The lowest BCUT2D eigenvalue weighted by atomic mass is 9.86. The van der Waals surface area contributed by atoms with E-state index in [2.05, 4.69) is 10.6 Å². The van der Waals surface area contributed by atoms with E-state index in [9.17, 15) is 9.59 Å². The number of benzene rings is 2. The molecule has 2 N–H and O–H groups in total. The van der Waals surface area contributed by atoms with Crippen LogP contribution in [0.1, 0.15) is 89.9 Å². The summed E-state index contributed by atoms with van der Waals surface area (Å²) in [6.07, 6.45) is 16.2. The lowest BCUT2D eigenvalue weighted by molar-refractivity contribution is -0.117. The van der Waals surface area contributed by atoms with Crippen molar-refractivity contribution in [2.24, 2.45) is 11.8 Å². The van der Waals surface area contributed by atoms with Crippen LogP contribution in [0.15, 0.2) is 48.5 Å². The number of carbonyl (C=O) groups is 2. The zero-order chi connectivity index (χ0) is 24.3. The minimum Gasteiger partial charge on any atom is -0.457 e. The summed E-state index contributed by atoms with van der Waals surface area (Å²) in [4.78, 5) is 24.6. The maximum atomic E-state index is 12.3. The first-order valence-electron chi connectivity index (χ1n) is 13.6. The molecule has 0 saturated heterocycles. The SMILES string of the molecule is O=C(CCC1CCCCC1)Nc1ccc(Oc2ccc(NC(=O)CCC3CCCCC3)cc2)cc1. The molecule has 188 valence electrons. The van der Waals surface area contributed by atoms with E-state index in [0.717, 1.165) is 24.2 Å². The fourth-order valence-electron chi connectivity index (χ4n) is 5.42. The van der Waals surface area contributed by atoms with E-state index >= 15 is 0 Å². The molecule has 2 aliphatic carbocycles. The Balaban J connectivity index is 1.17. The average Bonchev–Trinajstić information content (AvgIpc) is 2.90. The van der Waals surface area contributed by atoms with Crippen molar-refractivity contribution in [1.82, 2.24) is 0 Å². The monoisotopic (exact) mass is 476 g/mol. The van der Waals surface area contributed by atoms with Crippen molar-refractivity contribution in [2.45, 2.75) is 89.9 Å².